The lowest BCUT2D eigenvalue weighted by atomic mass is 10.1. The Bertz CT molecular complexity index is 78.6. The summed E-state index contributed by atoms with van der Waals surface area (Å²) >= 11 is 5.55. The average Bonchev–Trinajstić information content (AvgIpc) is 2.50. The largest absolute Gasteiger partial charge is 0.330 e. The number of nitrogens with two attached hydrogens (primary N) is 1. The zero-order valence-electron chi connectivity index (χ0n) is 4.99. The van der Waals surface area contributed by atoms with Crippen molar-refractivity contribution in [2.24, 2.45) is 11.1 Å². The summed E-state index contributed by atoms with van der Waals surface area (Å²) in [5.74, 6) is 0.775. The molecule has 0 amide bonds. The molecule has 0 spiro atoms. The summed E-state index contributed by atoms with van der Waals surface area (Å²) in [4.78, 5) is 0. The van der Waals surface area contributed by atoms with Crippen LogP contribution >= 0.6 is 11.6 Å². The SMILES string of the molecule is NCC1(CCCl)CC1. The van der Waals surface area contributed by atoms with Crippen LogP contribution in [0.5, 0.6) is 0 Å². The van der Waals surface area contributed by atoms with Gasteiger partial charge in [-0.05, 0) is 31.2 Å². The fourth-order valence-electron chi connectivity index (χ4n) is 0.933. The first-order valence-electron chi connectivity index (χ1n) is 3.09. The molecule has 1 saturated carbocycles. The van der Waals surface area contributed by atoms with Crippen molar-refractivity contribution in [1.82, 2.24) is 0 Å². The molecule has 2 N–H and O–H groups in total. The highest BCUT2D eigenvalue weighted by Gasteiger charge is 2.39. The molecule has 1 rings (SSSR count). The van der Waals surface area contributed by atoms with Gasteiger partial charge in [0.05, 0.1) is 0 Å². The van der Waals surface area contributed by atoms with Gasteiger partial charge in [-0.15, -0.1) is 11.6 Å². The van der Waals surface area contributed by atoms with E-state index in [0.717, 1.165) is 18.8 Å². The molecule has 0 atom stereocenters. The molecule has 0 unspecified atom stereocenters. The van der Waals surface area contributed by atoms with E-state index in [1.54, 1.807) is 0 Å². The molecule has 1 aliphatic rings. The van der Waals surface area contributed by atoms with E-state index in [1.807, 2.05) is 0 Å². The molecule has 0 aromatic heterocycles. The maximum absolute atomic E-state index is 5.55. The van der Waals surface area contributed by atoms with Crippen LogP contribution in [0.3, 0.4) is 0 Å². The van der Waals surface area contributed by atoms with E-state index < -0.39 is 0 Å². The van der Waals surface area contributed by atoms with Crippen LogP contribution in [0, 0.1) is 5.41 Å². The molecule has 48 valence electrons. The Balaban J connectivity index is 2.20. The number of hydrogen-bond acceptors (Lipinski definition) is 1. The van der Waals surface area contributed by atoms with Crippen molar-refractivity contribution in [3.05, 3.63) is 0 Å². The Hall–Kier alpha value is 0.250. The van der Waals surface area contributed by atoms with Gasteiger partial charge in [-0.25, -0.2) is 0 Å². The molecule has 0 aliphatic heterocycles. The van der Waals surface area contributed by atoms with Crippen molar-refractivity contribution in [3.8, 4) is 0 Å². The molecule has 0 aromatic carbocycles. The molecule has 8 heavy (non-hydrogen) atoms. The van der Waals surface area contributed by atoms with E-state index in [4.69, 9.17) is 17.3 Å². The van der Waals surface area contributed by atoms with Crippen molar-refractivity contribution >= 4 is 11.6 Å². The molecule has 0 bridgehead atoms. The van der Waals surface area contributed by atoms with Crippen molar-refractivity contribution in [2.45, 2.75) is 19.3 Å². The number of hydrogen-bond donors (Lipinski definition) is 1. The van der Waals surface area contributed by atoms with Gasteiger partial charge >= 0.3 is 0 Å². The fourth-order valence-corrected chi connectivity index (χ4v) is 1.33. The fraction of sp³-hybridized carbons (Fsp3) is 1.00. The first-order chi connectivity index (χ1) is 3.83. The van der Waals surface area contributed by atoms with Crippen LogP contribution in [0.25, 0.3) is 0 Å². The molecule has 0 aromatic rings. The summed E-state index contributed by atoms with van der Waals surface area (Å²) < 4.78 is 0. The van der Waals surface area contributed by atoms with E-state index >= 15 is 0 Å². The predicted octanol–water partition coefficient (Wildman–Crippen LogP) is 1.35. The topological polar surface area (TPSA) is 26.0 Å². The summed E-state index contributed by atoms with van der Waals surface area (Å²) in [6.45, 7) is 0.833. The normalized spacial score (nSPS) is 23.2. The molecular formula is C6H12ClN. The lowest BCUT2D eigenvalue weighted by Crippen LogP contribution is -2.15. The summed E-state index contributed by atoms with van der Waals surface area (Å²) in [5, 5.41) is 0. The maximum Gasteiger partial charge on any atom is 0.0229 e. The Labute approximate surface area is 55.2 Å². The van der Waals surface area contributed by atoms with E-state index in [9.17, 15) is 0 Å². The molecule has 2 heteroatoms. The van der Waals surface area contributed by atoms with Gasteiger partial charge in [-0.2, -0.15) is 0 Å². The minimum atomic E-state index is 0.488. The third-order valence-corrected chi connectivity index (χ3v) is 2.20. The Kier molecular flexibility index (Phi) is 1.78. The summed E-state index contributed by atoms with van der Waals surface area (Å²) in [6, 6.07) is 0. The second-order valence-electron chi connectivity index (χ2n) is 2.64. The number of halogens is 1. The molecule has 0 heterocycles. The van der Waals surface area contributed by atoms with Gasteiger partial charge in [-0.3, -0.25) is 0 Å². The minimum absolute atomic E-state index is 0.488. The van der Waals surface area contributed by atoms with Crippen LogP contribution in [0.1, 0.15) is 19.3 Å². The predicted molar refractivity (Wildman–Crippen MR) is 36.1 cm³/mol. The molecule has 0 saturated heterocycles. The standard InChI is InChI=1S/C6H12ClN/c7-4-3-6(5-8)1-2-6/h1-5,8H2. The summed E-state index contributed by atoms with van der Waals surface area (Å²) in [7, 11) is 0. The zero-order chi connectivity index (χ0) is 6.04. The van der Waals surface area contributed by atoms with E-state index in [2.05, 4.69) is 0 Å². The smallest absolute Gasteiger partial charge is 0.0229 e. The van der Waals surface area contributed by atoms with Crippen LogP contribution in [0.2, 0.25) is 0 Å². The maximum atomic E-state index is 5.55. The van der Waals surface area contributed by atoms with Crippen molar-refractivity contribution < 1.29 is 0 Å². The van der Waals surface area contributed by atoms with E-state index in [-0.39, 0.29) is 0 Å². The van der Waals surface area contributed by atoms with Crippen LogP contribution in [-0.2, 0) is 0 Å². The van der Waals surface area contributed by atoms with Crippen LogP contribution in [0.15, 0.2) is 0 Å². The monoisotopic (exact) mass is 133 g/mol. The van der Waals surface area contributed by atoms with Crippen LogP contribution in [0.4, 0.5) is 0 Å². The Morgan fingerprint density at radius 2 is 2.12 bits per heavy atom. The van der Waals surface area contributed by atoms with Gasteiger partial charge < -0.3 is 5.73 Å². The van der Waals surface area contributed by atoms with Gasteiger partial charge in [0, 0.05) is 5.88 Å². The highest BCUT2D eigenvalue weighted by atomic mass is 35.5. The van der Waals surface area contributed by atoms with Crippen LogP contribution < -0.4 is 5.73 Å². The van der Waals surface area contributed by atoms with Gasteiger partial charge in [0.25, 0.3) is 0 Å². The first kappa shape index (κ1) is 6.37. The highest BCUT2D eigenvalue weighted by Crippen LogP contribution is 2.47. The Morgan fingerprint density at radius 1 is 1.50 bits per heavy atom. The average molecular weight is 134 g/mol. The second-order valence-corrected chi connectivity index (χ2v) is 3.02. The van der Waals surface area contributed by atoms with E-state index in [0.29, 0.717) is 5.41 Å². The zero-order valence-corrected chi connectivity index (χ0v) is 5.75. The highest BCUT2D eigenvalue weighted by molar-refractivity contribution is 6.17. The minimum Gasteiger partial charge on any atom is -0.330 e. The Morgan fingerprint density at radius 3 is 2.25 bits per heavy atom. The van der Waals surface area contributed by atoms with Crippen LogP contribution in [-0.4, -0.2) is 12.4 Å². The lowest BCUT2D eigenvalue weighted by molar-refractivity contribution is 0.508. The van der Waals surface area contributed by atoms with Gasteiger partial charge in [0.2, 0.25) is 0 Å². The lowest BCUT2D eigenvalue weighted by Gasteiger charge is -2.06. The summed E-state index contributed by atoms with van der Waals surface area (Å²) in [5.41, 5.74) is 5.98. The quantitative estimate of drug-likeness (QED) is 0.578. The third kappa shape index (κ3) is 1.15. The molecule has 0 radical (unpaired) electrons. The van der Waals surface area contributed by atoms with Crippen molar-refractivity contribution in [1.29, 1.82) is 0 Å². The molecule has 1 nitrogen and oxygen atoms in total. The molecule has 1 aliphatic carbocycles. The van der Waals surface area contributed by atoms with Gasteiger partial charge in [0.1, 0.15) is 0 Å². The summed E-state index contributed by atoms with van der Waals surface area (Å²) in [6.07, 6.45) is 3.72. The van der Waals surface area contributed by atoms with Gasteiger partial charge in [-0.1, -0.05) is 0 Å². The molecular weight excluding hydrogens is 122 g/mol. The van der Waals surface area contributed by atoms with Crippen molar-refractivity contribution in [3.63, 3.8) is 0 Å². The number of alkyl halides is 1. The van der Waals surface area contributed by atoms with E-state index in [1.165, 1.54) is 12.8 Å². The second kappa shape index (κ2) is 2.24. The van der Waals surface area contributed by atoms with Crippen molar-refractivity contribution in [2.75, 3.05) is 12.4 Å². The molecule has 1 fully saturated rings. The van der Waals surface area contributed by atoms with Gasteiger partial charge in [0.15, 0.2) is 0 Å². The first-order valence-corrected chi connectivity index (χ1v) is 3.62. The third-order valence-electron chi connectivity index (χ3n) is 2.01. The number of rotatable bonds is 3.